The molecule has 1 fully saturated rings. The van der Waals surface area contributed by atoms with Gasteiger partial charge in [0, 0.05) is 22.5 Å². The molecule has 1 saturated heterocycles. The minimum Gasteiger partial charge on any atom is -0.383 e. The Hall–Kier alpha value is -2.16. The van der Waals surface area contributed by atoms with Crippen molar-refractivity contribution in [3.8, 4) is 5.69 Å². The first kappa shape index (κ1) is 23.0. The van der Waals surface area contributed by atoms with Gasteiger partial charge in [0.2, 0.25) is 5.91 Å². The lowest BCUT2D eigenvalue weighted by Gasteiger charge is -2.25. The molecule has 1 aliphatic heterocycles. The molecular formula is C24H27BrN4O2S. The maximum Gasteiger partial charge on any atom is 0.227 e. The van der Waals surface area contributed by atoms with Gasteiger partial charge in [-0.1, -0.05) is 39.3 Å². The number of rotatable bonds is 5. The highest BCUT2D eigenvalue weighted by molar-refractivity contribution is 9.10. The fraction of sp³-hybridized carbons (Fsp3) is 0.375. The Labute approximate surface area is 201 Å². The second kappa shape index (κ2) is 9.77. The molecule has 0 saturated carbocycles. The van der Waals surface area contributed by atoms with Crippen LogP contribution in [0.3, 0.4) is 0 Å². The third-order valence-electron chi connectivity index (χ3n) is 6.08. The average Bonchev–Trinajstić information content (AvgIpc) is 3.18. The summed E-state index contributed by atoms with van der Waals surface area (Å²) in [4.78, 5) is 16.0. The van der Waals surface area contributed by atoms with E-state index >= 15 is 0 Å². The maximum atomic E-state index is 13.0. The molecule has 1 unspecified atom stereocenters. The van der Waals surface area contributed by atoms with Crippen LogP contribution in [0.5, 0.6) is 0 Å². The molecule has 3 aromatic rings. The first-order valence-electron chi connectivity index (χ1n) is 10.7. The highest BCUT2D eigenvalue weighted by atomic mass is 79.9. The van der Waals surface area contributed by atoms with Gasteiger partial charge in [0.05, 0.1) is 18.3 Å². The number of halogens is 1. The summed E-state index contributed by atoms with van der Waals surface area (Å²) in [5.41, 5.74) is 2.51. The third-order valence-corrected chi connectivity index (χ3v) is 7.41. The summed E-state index contributed by atoms with van der Waals surface area (Å²) < 4.78 is 2.72. The van der Waals surface area contributed by atoms with E-state index in [2.05, 4.69) is 26.2 Å². The topological polar surface area (TPSA) is 71.2 Å². The second-order valence-electron chi connectivity index (χ2n) is 8.23. The molecule has 6 nitrogen and oxygen atoms in total. The van der Waals surface area contributed by atoms with E-state index in [1.54, 1.807) is 16.4 Å². The van der Waals surface area contributed by atoms with Crippen molar-refractivity contribution in [1.29, 1.82) is 0 Å². The van der Waals surface area contributed by atoms with Crippen molar-refractivity contribution in [2.75, 3.05) is 19.3 Å². The summed E-state index contributed by atoms with van der Waals surface area (Å²) in [5, 5.41) is 20.0. The van der Waals surface area contributed by atoms with Crippen LogP contribution in [0.4, 0.5) is 0 Å². The lowest BCUT2D eigenvalue weighted by atomic mass is 9.92. The van der Waals surface area contributed by atoms with Gasteiger partial charge in [0.1, 0.15) is 11.3 Å². The summed E-state index contributed by atoms with van der Waals surface area (Å²) in [5.74, 6) is 0.102. The number of amides is 1. The number of benzene rings is 2. The molecule has 168 valence electrons. The number of aromatic nitrogens is 3. The van der Waals surface area contributed by atoms with E-state index in [4.69, 9.17) is 0 Å². The van der Waals surface area contributed by atoms with Gasteiger partial charge < -0.3 is 10.0 Å². The fourth-order valence-electron chi connectivity index (χ4n) is 4.22. The van der Waals surface area contributed by atoms with Crippen LogP contribution >= 0.6 is 27.7 Å². The Kier molecular flexibility index (Phi) is 7.02. The van der Waals surface area contributed by atoms with Crippen molar-refractivity contribution in [3.63, 3.8) is 0 Å². The van der Waals surface area contributed by atoms with Crippen LogP contribution in [-0.4, -0.2) is 50.3 Å². The largest absolute Gasteiger partial charge is 0.383 e. The lowest BCUT2D eigenvalue weighted by molar-refractivity contribution is -0.130. The van der Waals surface area contributed by atoms with Gasteiger partial charge >= 0.3 is 0 Å². The average molecular weight is 515 g/mol. The predicted molar refractivity (Wildman–Crippen MR) is 130 cm³/mol. The fourth-order valence-corrected chi connectivity index (χ4v) is 5.31. The van der Waals surface area contributed by atoms with Gasteiger partial charge in [0.15, 0.2) is 0 Å². The summed E-state index contributed by atoms with van der Waals surface area (Å²) in [7, 11) is 0. The van der Waals surface area contributed by atoms with Crippen LogP contribution in [-0.2, 0) is 16.8 Å². The highest BCUT2D eigenvalue weighted by Crippen LogP contribution is 2.32. The van der Waals surface area contributed by atoms with Crippen molar-refractivity contribution >= 4 is 33.6 Å². The van der Waals surface area contributed by atoms with Gasteiger partial charge in [-0.15, -0.1) is 16.9 Å². The SMILES string of the molecule is CSc1ccccc1CC(=O)N1CCCC(O)(c2cn(-c3ccc(Br)cc3C)nn2)CC1. The highest BCUT2D eigenvalue weighted by Gasteiger charge is 2.36. The first-order chi connectivity index (χ1) is 15.4. The number of carbonyl (C=O) groups is 1. The van der Waals surface area contributed by atoms with Crippen LogP contribution in [0.2, 0.25) is 0 Å². The summed E-state index contributed by atoms with van der Waals surface area (Å²) in [6.45, 7) is 3.16. The molecule has 4 rings (SSSR count). The molecule has 1 aromatic heterocycles. The normalized spacial score (nSPS) is 19.1. The van der Waals surface area contributed by atoms with Crippen LogP contribution in [0.1, 0.15) is 36.1 Å². The maximum absolute atomic E-state index is 13.0. The number of likely N-dealkylation sites (tertiary alicyclic amines) is 1. The quantitative estimate of drug-likeness (QED) is 0.507. The molecule has 1 amide bonds. The summed E-state index contributed by atoms with van der Waals surface area (Å²) >= 11 is 5.14. The molecule has 1 atom stereocenters. The van der Waals surface area contributed by atoms with E-state index in [1.807, 2.05) is 66.7 Å². The molecule has 0 spiro atoms. The van der Waals surface area contributed by atoms with Crippen molar-refractivity contribution in [2.24, 2.45) is 0 Å². The van der Waals surface area contributed by atoms with E-state index in [-0.39, 0.29) is 5.91 Å². The van der Waals surface area contributed by atoms with Crippen LogP contribution in [0, 0.1) is 6.92 Å². The standard InChI is InChI=1S/C24H27BrN4O2S/c1-17-14-19(25)8-9-20(17)29-16-22(26-27-29)24(31)10-5-12-28(13-11-24)23(30)15-18-6-3-4-7-21(18)32-2/h3-4,6-9,14,16,31H,5,10-13,15H2,1-2H3. The van der Waals surface area contributed by atoms with Gasteiger partial charge in [-0.05, 0) is 67.8 Å². The van der Waals surface area contributed by atoms with Crippen LogP contribution in [0.15, 0.2) is 58.0 Å². The minimum absolute atomic E-state index is 0.102. The number of aryl methyl sites for hydroxylation is 1. The van der Waals surface area contributed by atoms with Crippen LogP contribution in [0.25, 0.3) is 5.69 Å². The molecule has 0 radical (unpaired) electrons. The molecule has 32 heavy (non-hydrogen) atoms. The molecule has 1 N–H and O–H groups in total. The third kappa shape index (κ3) is 4.92. The zero-order chi connectivity index (χ0) is 22.7. The Bertz CT molecular complexity index is 1120. The summed E-state index contributed by atoms with van der Waals surface area (Å²) in [6.07, 6.45) is 5.93. The molecular weight excluding hydrogens is 488 g/mol. The van der Waals surface area contributed by atoms with Gasteiger partial charge in [-0.3, -0.25) is 4.79 Å². The van der Waals surface area contributed by atoms with E-state index in [9.17, 15) is 9.90 Å². The number of hydrogen-bond donors (Lipinski definition) is 1. The number of carbonyl (C=O) groups excluding carboxylic acids is 1. The molecule has 2 aromatic carbocycles. The monoisotopic (exact) mass is 514 g/mol. The molecule has 0 bridgehead atoms. The Morgan fingerprint density at radius 3 is 2.81 bits per heavy atom. The Morgan fingerprint density at radius 1 is 1.22 bits per heavy atom. The van der Waals surface area contributed by atoms with Gasteiger partial charge in [-0.2, -0.15) is 0 Å². The predicted octanol–water partition coefficient (Wildman–Crippen LogP) is 4.50. The lowest BCUT2D eigenvalue weighted by Crippen LogP contribution is -2.34. The summed E-state index contributed by atoms with van der Waals surface area (Å²) in [6, 6.07) is 14.0. The van der Waals surface area contributed by atoms with E-state index < -0.39 is 5.60 Å². The molecule has 2 heterocycles. The smallest absolute Gasteiger partial charge is 0.227 e. The Morgan fingerprint density at radius 2 is 2.03 bits per heavy atom. The van der Waals surface area contributed by atoms with Crippen molar-refractivity contribution in [3.05, 3.63) is 70.0 Å². The first-order valence-corrected chi connectivity index (χ1v) is 12.7. The molecule has 0 aliphatic carbocycles. The van der Waals surface area contributed by atoms with Crippen molar-refractivity contribution in [2.45, 2.75) is 43.1 Å². The van der Waals surface area contributed by atoms with Crippen LogP contribution < -0.4 is 0 Å². The van der Waals surface area contributed by atoms with Crippen molar-refractivity contribution in [1.82, 2.24) is 19.9 Å². The van der Waals surface area contributed by atoms with E-state index in [0.717, 1.165) is 32.6 Å². The second-order valence-corrected chi connectivity index (χ2v) is 10.00. The number of nitrogens with zero attached hydrogens (tertiary/aromatic N) is 4. The number of aliphatic hydroxyl groups is 1. The Balaban J connectivity index is 1.46. The van der Waals surface area contributed by atoms with Gasteiger partial charge in [0.25, 0.3) is 0 Å². The van der Waals surface area contributed by atoms with E-state index in [1.165, 1.54) is 0 Å². The number of hydrogen-bond acceptors (Lipinski definition) is 5. The molecule has 8 heteroatoms. The number of thioether (sulfide) groups is 1. The minimum atomic E-state index is -1.09. The van der Waals surface area contributed by atoms with Crippen molar-refractivity contribution < 1.29 is 9.90 Å². The zero-order valence-electron chi connectivity index (χ0n) is 18.3. The zero-order valence-corrected chi connectivity index (χ0v) is 20.7. The van der Waals surface area contributed by atoms with Gasteiger partial charge in [-0.25, -0.2) is 4.68 Å². The van der Waals surface area contributed by atoms with E-state index in [0.29, 0.717) is 38.0 Å². The molecule has 1 aliphatic rings.